The smallest absolute Gasteiger partial charge is 0.0223 e. The highest BCUT2D eigenvalue weighted by Gasteiger charge is 2.06. The molecule has 0 fully saturated rings. The molecule has 0 bridgehead atoms. The first kappa shape index (κ1) is 16.9. The third-order valence-corrected chi connectivity index (χ3v) is 7.92. The van der Waals surface area contributed by atoms with E-state index < -0.39 is 0 Å². The summed E-state index contributed by atoms with van der Waals surface area (Å²) in [6.07, 6.45) is 0. The summed E-state index contributed by atoms with van der Waals surface area (Å²) in [5.41, 5.74) is 8.23. The number of rotatable bonds is 4. The molecule has 0 aromatic heterocycles. The maximum atomic E-state index is 2.30. The lowest BCUT2D eigenvalue weighted by atomic mass is 10.1. The Hall–Kier alpha value is -0.510. The number of aryl methyl sites for hydroxylation is 6. The van der Waals surface area contributed by atoms with Crippen LogP contribution in [0.5, 0.6) is 0 Å². The maximum absolute atomic E-state index is 2.30. The molecule has 0 saturated carbocycles. The van der Waals surface area contributed by atoms with Gasteiger partial charge in [0.25, 0.3) is 0 Å². The zero-order chi connectivity index (χ0) is 15.6. The lowest BCUT2D eigenvalue weighted by Gasteiger charge is -2.10. The maximum Gasteiger partial charge on any atom is 0.0223 e. The summed E-state index contributed by atoms with van der Waals surface area (Å²) in [6.45, 7) is 13.1. The molecule has 0 aliphatic heterocycles. The zero-order valence-electron chi connectivity index (χ0n) is 13.5. The van der Waals surface area contributed by atoms with Gasteiger partial charge in [-0.25, -0.2) is 0 Å². The highest BCUT2D eigenvalue weighted by atomic mass is 33.5. The lowest BCUT2D eigenvalue weighted by molar-refractivity contribution is 1.21. The van der Waals surface area contributed by atoms with Crippen molar-refractivity contribution < 1.29 is 0 Å². The van der Waals surface area contributed by atoms with Crippen molar-refractivity contribution in [2.45, 2.75) is 51.3 Å². The zero-order valence-corrected chi connectivity index (χ0v) is 16.0. The van der Waals surface area contributed by atoms with Crippen molar-refractivity contribution in [3.8, 4) is 0 Å². The minimum Gasteiger partial charge on any atom is -0.0550 e. The molecule has 0 heterocycles. The molecule has 2 aromatic rings. The van der Waals surface area contributed by atoms with Gasteiger partial charge >= 0.3 is 0 Å². The summed E-state index contributed by atoms with van der Waals surface area (Å²) < 4.78 is 0. The Labute approximate surface area is 140 Å². The molecule has 0 radical (unpaired) electrons. The van der Waals surface area contributed by atoms with Crippen LogP contribution >= 0.6 is 31.4 Å². The molecule has 0 amide bonds. The Kier molecular flexibility index (Phi) is 5.75. The van der Waals surface area contributed by atoms with Crippen molar-refractivity contribution in [3.05, 3.63) is 57.6 Å². The molecule has 0 unspecified atom stereocenters. The van der Waals surface area contributed by atoms with Crippen LogP contribution in [0.3, 0.4) is 0 Å². The summed E-state index contributed by atoms with van der Waals surface area (Å²) in [4.78, 5) is 2.74. The standard InChI is InChI=1S/C18H22S3/c1-11-7-15(5)17(9-13(11)3)19-21-20-18-10-14(4)12(2)8-16(18)6/h7-10H,1-6H3. The minimum absolute atomic E-state index is 1.37. The van der Waals surface area contributed by atoms with E-state index in [2.05, 4.69) is 65.8 Å². The highest BCUT2D eigenvalue weighted by Crippen LogP contribution is 2.46. The van der Waals surface area contributed by atoms with Gasteiger partial charge in [0.1, 0.15) is 0 Å². The van der Waals surface area contributed by atoms with Crippen LogP contribution in [0.15, 0.2) is 34.1 Å². The summed E-state index contributed by atoms with van der Waals surface area (Å²) in [5.74, 6) is 0. The Morgan fingerprint density at radius 3 is 1.19 bits per heavy atom. The van der Waals surface area contributed by atoms with E-state index in [0.717, 1.165) is 0 Å². The van der Waals surface area contributed by atoms with Crippen molar-refractivity contribution in [1.82, 2.24) is 0 Å². The van der Waals surface area contributed by atoms with Gasteiger partial charge in [-0.15, -0.1) is 0 Å². The van der Waals surface area contributed by atoms with Gasteiger partial charge in [0, 0.05) is 9.79 Å². The second kappa shape index (κ2) is 7.17. The molecule has 3 heteroatoms. The Morgan fingerprint density at radius 2 is 0.810 bits per heavy atom. The Balaban J connectivity index is 2.05. The first-order valence-corrected chi connectivity index (χ1v) is 10.5. The largest absolute Gasteiger partial charge is 0.0550 e. The molecular formula is C18H22S3. The topological polar surface area (TPSA) is 0 Å². The van der Waals surface area contributed by atoms with Crippen molar-refractivity contribution in [1.29, 1.82) is 0 Å². The summed E-state index contributed by atoms with van der Waals surface area (Å²) in [7, 11) is 5.58. The molecule has 0 aliphatic carbocycles. The van der Waals surface area contributed by atoms with E-state index in [-0.39, 0.29) is 0 Å². The fraction of sp³-hybridized carbons (Fsp3) is 0.333. The van der Waals surface area contributed by atoms with E-state index in [1.165, 1.54) is 43.2 Å². The van der Waals surface area contributed by atoms with Crippen molar-refractivity contribution in [3.63, 3.8) is 0 Å². The molecule has 0 N–H and O–H groups in total. The summed E-state index contributed by atoms with van der Waals surface area (Å²) in [5, 5.41) is 0. The fourth-order valence-corrected chi connectivity index (χ4v) is 6.39. The lowest BCUT2D eigenvalue weighted by Crippen LogP contribution is -1.86. The van der Waals surface area contributed by atoms with Gasteiger partial charge in [0.05, 0.1) is 0 Å². The third kappa shape index (κ3) is 4.24. The molecule has 2 rings (SSSR count). The first-order valence-electron chi connectivity index (χ1n) is 7.05. The van der Waals surface area contributed by atoms with Crippen LogP contribution in [0.4, 0.5) is 0 Å². The summed E-state index contributed by atoms with van der Waals surface area (Å²) in [6, 6.07) is 9.17. The van der Waals surface area contributed by atoms with Gasteiger partial charge in [-0.1, -0.05) is 12.1 Å². The highest BCUT2D eigenvalue weighted by molar-refractivity contribution is 9.09. The van der Waals surface area contributed by atoms with Gasteiger partial charge in [-0.2, -0.15) is 0 Å². The predicted molar refractivity (Wildman–Crippen MR) is 101 cm³/mol. The molecule has 0 atom stereocenters. The molecule has 21 heavy (non-hydrogen) atoms. The molecule has 0 nitrogen and oxygen atoms in total. The molecule has 0 spiro atoms. The van der Waals surface area contributed by atoms with Gasteiger partial charge in [0.2, 0.25) is 0 Å². The van der Waals surface area contributed by atoms with Crippen LogP contribution in [0.1, 0.15) is 33.4 Å². The number of hydrogen-bond acceptors (Lipinski definition) is 3. The molecule has 0 saturated heterocycles. The average Bonchev–Trinajstić information content (AvgIpc) is 2.41. The first-order chi connectivity index (χ1) is 9.88. The van der Waals surface area contributed by atoms with Gasteiger partial charge in [0.15, 0.2) is 0 Å². The second-order valence-electron chi connectivity index (χ2n) is 5.64. The van der Waals surface area contributed by atoms with E-state index in [0.29, 0.717) is 0 Å². The van der Waals surface area contributed by atoms with Crippen molar-refractivity contribution in [2.75, 3.05) is 0 Å². The monoisotopic (exact) mass is 334 g/mol. The predicted octanol–water partition coefficient (Wildman–Crippen LogP) is 6.98. The van der Waals surface area contributed by atoms with Crippen LogP contribution in [-0.4, -0.2) is 0 Å². The SMILES string of the molecule is Cc1cc(C)c(SSSc2cc(C)c(C)cc2C)cc1C. The van der Waals surface area contributed by atoms with E-state index >= 15 is 0 Å². The average molecular weight is 335 g/mol. The summed E-state index contributed by atoms with van der Waals surface area (Å²) >= 11 is 0. The van der Waals surface area contributed by atoms with Gasteiger partial charge in [-0.3, -0.25) is 0 Å². The van der Waals surface area contributed by atoms with Crippen LogP contribution in [0.25, 0.3) is 0 Å². The third-order valence-electron chi connectivity index (χ3n) is 3.83. The van der Waals surface area contributed by atoms with Crippen LogP contribution < -0.4 is 0 Å². The van der Waals surface area contributed by atoms with Crippen molar-refractivity contribution >= 4 is 31.4 Å². The molecule has 112 valence electrons. The minimum atomic E-state index is 1.37. The fourth-order valence-electron chi connectivity index (χ4n) is 2.14. The Morgan fingerprint density at radius 1 is 0.476 bits per heavy atom. The Bertz CT molecular complexity index is 602. The van der Waals surface area contributed by atoms with Crippen LogP contribution in [-0.2, 0) is 0 Å². The van der Waals surface area contributed by atoms with E-state index in [9.17, 15) is 0 Å². The van der Waals surface area contributed by atoms with Gasteiger partial charge < -0.3 is 0 Å². The second-order valence-corrected chi connectivity index (χ2v) is 9.62. The quantitative estimate of drug-likeness (QED) is 0.553. The van der Waals surface area contributed by atoms with Crippen LogP contribution in [0, 0.1) is 41.5 Å². The van der Waals surface area contributed by atoms with E-state index in [1.807, 2.05) is 31.4 Å². The van der Waals surface area contributed by atoms with Crippen LogP contribution in [0.2, 0.25) is 0 Å². The van der Waals surface area contributed by atoms with E-state index in [4.69, 9.17) is 0 Å². The van der Waals surface area contributed by atoms with Gasteiger partial charge in [-0.05, 0) is 118 Å². The molecule has 2 aromatic carbocycles. The molecular weight excluding hydrogens is 312 g/mol. The molecule has 0 aliphatic rings. The normalized spacial score (nSPS) is 11.0. The van der Waals surface area contributed by atoms with E-state index in [1.54, 1.807) is 0 Å². The number of benzene rings is 2. The number of hydrogen-bond donors (Lipinski definition) is 0. The van der Waals surface area contributed by atoms with Crippen molar-refractivity contribution in [2.24, 2.45) is 0 Å².